The molecule has 0 aliphatic carbocycles. The SMILES string of the molecule is CCC1SCC(C(=O)O)N1C(=O)OCc1ccccc1. The van der Waals surface area contributed by atoms with Crippen molar-refractivity contribution in [3.05, 3.63) is 35.9 Å². The van der Waals surface area contributed by atoms with Crippen molar-refractivity contribution in [1.82, 2.24) is 4.90 Å². The van der Waals surface area contributed by atoms with Gasteiger partial charge in [-0.15, -0.1) is 11.8 Å². The summed E-state index contributed by atoms with van der Waals surface area (Å²) in [6.45, 7) is 2.09. The Morgan fingerprint density at radius 3 is 2.70 bits per heavy atom. The Morgan fingerprint density at radius 2 is 2.10 bits per heavy atom. The maximum Gasteiger partial charge on any atom is 0.411 e. The standard InChI is InChI=1S/C14H17NO4S/c1-2-12-15(11(9-20-12)13(16)17)14(18)19-8-10-6-4-3-5-7-10/h3-7,11-12H,2,8-9H2,1H3,(H,16,17). The van der Waals surface area contributed by atoms with Gasteiger partial charge in [-0.05, 0) is 12.0 Å². The van der Waals surface area contributed by atoms with Crippen molar-refractivity contribution in [1.29, 1.82) is 0 Å². The van der Waals surface area contributed by atoms with Gasteiger partial charge in [0.25, 0.3) is 0 Å². The molecule has 0 aromatic heterocycles. The van der Waals surface area contributed by atoms with Crippen molar-refractivity contribution >= 4 is 23.8 Å². The number of hydrogen-bond donors (Lipinski definition) is 1. The Morgan fingerprint density at radius 1 is 1.40 bits per heavy atom. The van der Waals surface area contributed by atoms with Gasteiger partial charge in [-0.3, -0.25) is 4.90 Å². The highest BCUT2D eigenvalue weighted by Crippen LogP contribution is 2.32. The molecule has 1 aromatic rings. The fourth-order valence-electron chi connectivity index (χ4n) is 2.11. The van der Waals surface area contributed by atoms with Crippen LogP contribution in [0, 0.1) is 0 Å². The van der Waals surface area contributed by atoms with Crippen LogP contribution < -0.4 is 0 Å². The minimum atomic E-state index is -0.981. The Bertz CT molecular complexity index is 479. The van der Waals surface area contributed by atoms with E-state index in [4.69, 9.17) is 9.84 Å². The van der Waals surface area contributed by atoms with E-state index in [1.165, 1.54) is 16.7 Å². The molecule has 1 aliphatic heterocycles. The molecule has 6 heteroatoms. The number of carboxylic acids is 1. The van der Waals surface area contributed by atoms with Crippen LogP contribution in [-0.2, 0) is 16.1 Å². The highest BCUT2D eigenvalue weighted by molar-refractivity contribution is 8.00. The molecule has 0 bridgehead atoms. The predicted molar refractivity (Wildman–Crippen MR) is 76.4 cm³/mol. The second kappa shape index (κ2) is 6.65. The summed E-state index contributed by atoms with van der Waals surface area (Å²) >= 11 is 1.48. The number of ether oxygens (including phenoxy) is 1. The smallest absolute Gasteiger partial charge is 0.411 e. The number of thioether (sulfide) groups is 1. The molecule has 1 aliphatic rings. The van der Waals surface area contributed by atoms with Gasteiger partial charge in [0.1, 0.15) is 12.6 Å². The lowest BCUT2D eigenvalue weighted by Crippen LogP contribution is -2.45. The Balaban J connectivity index is 2.00. The number of rotatable bonds is 4. The molecule has 108 valence electrons. The van der Waals surface area contributed by atoms with E-state index in [-0.39, 0.29) is 12.0 Å². The summed E-state index contributed by atoms with van der Waals surface area (Å²) in [5.41, 5.74) is 0.882. The van der Waals surface area contributed by atoms with E-state index in [1.807, 2.05) is 37.3 Å². The molecule has 1 saturated heterocycles. The fourth-order valence-corrected chi connectivity index (χ4v) is 3.44. The lowest BCUT2D eigenvalue weighted by atomic mass is 10.2. The van der Waals surface area contributed by atoms with Gasteiger partial charge in [0.15, 0.2) is 0 Å². The van der Waals surface area contributed by atoms with E-state index >= 15 is 0 Å². The van der Waals surface area contributed by atoms with Crippen molar-refractivity contribution in [2.75, 3.05) is 5.75 Å². The highest BCUT2D eigenvalue weighted by atomic mass is 32.2. The number of amides is 1. The first-order chi connectivity index (χ1) is 9.63. The van der Waals surface area contributed by atoms with Crippen molar-refractivity contribution in [3.8, 4) is 0 Å². The lowest BCUT2D eigenvalue weighted by molar-refractivity contribution is -0.141. The van der Waals surface area contributed by atoms with Crippen LogP contribution in [0.25, 0.3) is 0 Å². The van der Waals surface area contributed by atoms with Crippen LogP contribution in [0.1, 0.15) is 18.9 Å². The summed E-state index contributed by atoms with van der Waals surface area (Å²) in [5.74, 6) is -0.570. The normalized spacial score (nSPS) is 21.8. The minimum absolute atomic E-state index is 0.126. The number of carbonyl (C=O) groups is 2. The maximum atomic E-state index is 12.1. The van der Waals surface area contributed by atoms with E-state index in [2.05, 4.69) is 0 Å². The molecule has 2 atom stereocenters. The van der Waals surface area contributed by atoms with Gasteiger partial charge in [0.2, 0.25) is 0 Å². The van der Waals surface area contributed by atoms with Crippen molar-refractivity contribution < 1.29 is 19.4 Å². The largest absolute Gasteiger partial charge is 0.480 e. The second-order valence-electron chi connectivity index (χ2n) is 4.50. The van der Waals surface area contributed by atoms with Crippen molar-refractivity contribution in [2.24, 2.45) is 0 Å². The molecular formula is C14H17NO4S. The average molecular weight is 295 g/mol. The number of nitrogens with zero attached hydrogens (tertiary/aromatic N) is 1. The molecule has 2 unspecified atom stereocenters. The monoisotopic (exact) mass is 295 g/mol. The third-order valence-electron chi connectivity index (χ3n) is 3.14. The molecule has 20 heavy (non-hydrogen) atoms. The zero-order valence-corrected chi connectivity index (χ0v) is 12.0. The Kier molecular flexibility index (Phi) is 4.89. The molecule has 1 N–H and O–H groups in total. The van der Waals surface area contributed by atoms with Gasteiger partial charge in [-0.25, -0.2) is 9.59 Å². The van der Waals surface area contributed by atoms with Gasteiger partial charge in [-0.1, -0.05) is 37.3 Å². The quantitative estimate of drug-likeness (QED) is 0.924. The molecule has 0 saturated carbocycles. The lowest BCUT2D eigenvalue weighted by Gasteiger charge is -2.25. The molecule has 5 nitrogen and oxygen atoms in total. The maximum absolute atomic E-state index is 12.1. The number of hydrogen-bond acceptors (Lipinski definition) is 4. The van der Waals surface area contributed by atoms with Gasteiger partial charge >= 0.3 is 12.1 Å². The first-order valence-corrected chi connectivity index (χ1v) is 7.51. The first kappa shape index (κ1) is 14.7. The van der Waals surface area contributed by atoms with Crippen LogP contribution >= 0.6 is 11.8 Å². The summed E-state index contributed by atoms with van der Waals surface area (Å²) in [4.78, 5) is 24.7. The van der Waals surface area contributed by atoms with Gasteiger partial charge in [0, 0.05) is 5.75 Å². The van der Waals surface area contributed by atoms with Crippen LogP contribution in [0.5, 0.6) is 0 Å². The van der Waals surface area contributed by atoms with Crippen LogP contribution in [0.4, 0.5) is 4.79 Å². The number of aliphatic carboxylic acids is 1. The third-order valence-corrected chi connectivity index (χ3v) is 4.60. The van der Waals surface area contributed by atoms with Crippen LogP contribution in [0.2, 0.25) is 0 Å². The zero-order chi connectivity index (χ0) is 14.5. The predicted octanol–water partition coefficient (Wildman–Crippen LogP) is 2.56. The summed E-state index contributed by atoms with van der Waals surface area (Å²) in [5, 5.41) is 9.04. The Hall–Kier alpha value is -1.69. The van der Waals surface area contributed by atoms with E-state index in [1.54, 1.807) is 0 Å². The molecule has 0 spiro atoms. The molecule has 1 fully saturated rings. The van der Waals surface area contributed by atoms with Crippen LogP contribution in [-0.4, -0.2) is 39.2 Å². The molecular weight excluding hydrogens is 278 g/mol. The topological polar surface area (TPSA) is 66.8 Å². The summed E-state index contributed by atoms with van der Waals surface area (Å²) in [7, 11) is 0. The molecule has 1 aromatic carbocycles. The van der Waals surface area contributed by atoms with Gasteiger partial charge in [0.05, 0.1) is 5.37 Å². The molecule has 1 amide bonds. The van der Waals surface area contributed by atoms with E-state index in [0.717, 1.165) is 5.56 Å². The summed E-state index contributed by atoms with van der Waals surface area (Å²) < 4.78 is 5.23. The van der Waals surface area contributed by atoms with E-state index < -0.39 is 18.1 Å². The number of carbonyl (C=O) groups excluding carboxylic acids is 1. The second-order valence-corrected chi connectivity index (χ2v) is 5.71. The van der Waals surface area contributed by atoms with E-state index in [9.17, 15) is 9.59 Å². The number of carboxylic acid groups (broad SMARTS) is 1. The third kappa shape index (κ3) is 3.25. The minimum Gasteiger partial charge on any atom is -0.480 e. The first-order valence-electron chi connectivity index (χ1n) is 6.47. The zero-order valence-electron chi connectivity index (χ0n) is 11.2. The van der Waals surface area contributed by atoms with Gasteiger partial charge in [-0.2, -0.15) is 0 Å². The number of benzene rings is 1. The van der Waals surface area contributed by atoms with Crippen molar-refractivity contribution in [3.63, 3.8) is 0 Å². The fraction of sp³-hybridized carbons (Fsp3) is 0.429. The average Bonchev–Trinajstić information content (AvgIpc) is 2.90. The van der Waals surface area contributed by atoms with Crippen LogP contribution in [0.3, 0.4) is 0 Å². The molecule has 0 radical (unpaired) electrons. The van der Waals surface area contributed by atoms with Crippen molar-refractivity contribution in [2.45, 2.75) is 31.4 Å². The molecule has 2 rings (SSSR count). The van der Waals surface area contributed by atoms with Gasteiger partial charge < -0.3 is 9.84 Å². The van der Waals surface area contributed by atoms with Crippen LogP contribution in [0.15, 0.2) is 30.3 Å². The summed E-state index contributed by atoms with van der Waals surface area (Å²) in [6.07, 6.45) is 0.146. The highest BCUT2D eigenvalue weighted by Gasteiger charge is 2.41. The van der Waals surface area contributed by atoms with E-state index in [0.29, 0.717) is 12.2 Å². The summed E-state index contributed by atoms with van der Waals surface area (Å²) in [6, 6.07) is 8.53. The Labute approximate surface area is 121 Å². The molecule has 1 heterocycles.